The Morgan fingerprint density at radius 3 is 2.03 bits per heavy atom. The van der Waals surface area contributed by atoms with E-state index in [0.29, 0.717) is 51.3 Å². The van der Waals surface area contributed by atoms with Gasteiger partial charge < -0.3 is 5.73 Å². The lowest BCUT2D eigenvalue weighted by Gasteiger charge is -2.50. The predicted octanol–water partition coefficient (Wildman–Crippen LogP) is 4.43. The van der Waals surface area contributed by atoms with Crippen molar-refractivity contribution in [2.45, 2.75) is 69.8 Å². The van der Waals surface area contributed by atoms with Crippen LogP contribution in [0, 0.1) is 0 Å². The van der Waals surface area contributed by atoms with Crippen LogP contribution in [0.2, 0.25) is 0 Å². The molecule has 3 rings (SSSR count). The van der Waals surface area contributed by atoms with E-state index in [-0.39, 0.29) is 36.9 Å². The molecule has 0 atom stereocenters. The maximum Gasteiger partial charge on any atom is 0.417 e. The minimum Gasteiger partial charge on any atom is -0.366 e. The molecule has 1 heterocycles. The number of halogens is 6. The van der Waals surface area contributed by atoms with Gasteiger partial charge in [0, 0.05) is 31.7 Å². The van der Waals surface area contributed by atoms with Gasteiger partial charge in [0.2, 0.25) is 15.9 Å². The van der Waals surface area contributed by atoms with Gasteiger partial charge in [-0.1, -0.05) is 26.2 Å². The Hall–Kier alpha value is -1.86. The molecule has 2 N–H and O–H groups in total. The number of nitrogens with two attached hydrogens (primary N) is 1. The third-order valence-electron chi connectivity index (χ3n) is 7.17. The monoisotopic (exact) mass is 543 g/mol. The summed E-state index contributed by atoms with van der Waals surface area (Å²) in [5.41, 5.74) is -0.0290. The van der Waals surface area contributed by atoms with Crippen LogP contribution in [0.4, 0.5) is 26.3 Å². The number of carbonyl (C=O) groups is 1. The van der Waals surface area contributed by atoms with Crippen molar-refractivity contribution in [3.05, 3.63) is 34.4 Å². The van der Waals surface area contributed by atoms with E-state index in [9.17, 15) is 39.6 Å². The summed E-state index contributed by atoms with van der Waals surface area (Å²) in [6, 6.07) is 0.544. The Morgan fingerprint density at radius 2 is 1.56 bits per heavy atom. The highest BCUT2D eigenvalue weighted by Crippen LogP contribution is 2.43. The molecule has 1 saturated heterocycles. The Kier molecular flexibility index (Phi) is 8.36. The van der Waals surface area contributed by atoms with E-state index in [1.165, 1.54) is 4.31 Å². The van der Waals surface area contributed by atoms with Gasteiger partial charge in [0.1, 0.15) is 0 Å². The number of primary amides is 1. The van der Waals surface area contributed by atoms with Crippen molar-refractivity contribution in [3.8, 4) is 0 Å². The van der Waals surface area contributed by atoms with Crippen LogP contribution in [0.5, 0.6) is 0 Å². The van der Waals surface area contributed by atoms with Crippen molar-refractivity contribution >= 4 is 15.9 Å². The van der Waals surface area contributed by atoms with Gasteiger partial charge >= 0.3 is 12.4 Å². The van der Waals surface area contributed by atoms with Crippen LogP contribution in [0.3, 0.4) is 0 Å². The quantitative estimate of drug-likeness (QED) is 0.516. The average molecular weight is 544 g/mol. The molecule has 2 aliphatic rings. The lowest BCUT2D eigenvalue weighted by molar-refractivity contribution is -0.143. The molecule has 1 aliphatic carbocycles. The molecule has 13 heteroatoms. The van der Waals surface area contributed by atoms with Crippen LogP contribution < -0.4 is 5.73 Å². The molecule has 2 fully saturated rings. The molecule has 0 unspecified atom stereocenters. The molecule has 204 valence electrons. The predicted molar refractivity (Wildman–Crippen MR) is 122 cm³/mol. The maximum absolute atomic E-state index is 13.8. The smallest absolute Gasteiger partial charge is 0.366 e. The molecule has 36 heavy (non-hydrogen) atoms. The lowest BCUT2D eigenvalue weighted by atomic mass is 9.74. The van der Waals surface area contributed by atoms with Crippen molar-refractivity contribution in [3.63, 3.8) is 0 Å². The van der Waals surface area contributed by atoms with Crippen molar-refractivity contribution in [2.75, 3.05) is 31.9 Å². The largest absolute Gasteiger partial charge is 0.417 e. The third-order valence-corrected chi connectivity index (χ3v) is 9.24. The van der Waals surface area contributed by atoms with Gasteiger partial charge in [-0.15, -0.1) is 0 Å². The Morgan fingerprint density at radius 1 is 0.972 bits per heavy atom. The van der Waals surface area contributed by atoms with Crippen LogP contribution in [-0.4, -0.2) is 61.0 Å². The molecule has 6 nitrogen and oxygen atoms in total. The van der Waals surface area contributed by atoms with Crippen LogP contribution in [-0.2, 0) is 28.8 Å². The van der Waals surface area contributed by atoms with Crippen LogP contribution in [0.15, 0.2) is 12.1 Å². The summed E-state index contributed by atoms with van der Waals surface area (Å²) in [4.78, 5) is 14.1. The zero-order valence-corrected chi connectivity index (χ0v) is 20.8. The van der Waals surface area contributed by atoms with E-state index in [2.05, 4.69) is 0 Å². The standard InChI is InChI=1S/C23H31F6N3O3S/c1-2-12-36(34,35)32-10-8-31(9-11-32)21(6-4-3-5-7-21)15-16-13-17(22(24,25)26)14-18(23(27,28)29)19(16)20(30)33/h13-14H,2-12,15H2,1H3,(H2,30,33). The number of hydrogen-bond acceptors (Lipinski definition) is 4. The maximum atomic E-state index is 13.8. The topological polar surface area (TPSA) is 83.7 Å². The van der Waals surface area contributed by atoms with Crippen LogP contribution in [0.1, 0.15) is 72.5 Å². The Balaban J connectivity index is 2.04. The van der Waals surface area contributed by atoms with Crippen molar-refractivity contribution in [2.24, 2.45) is 5.73 Å². The average Bonchev–Trinajstić information content (AvgIpc) is 2.78. The normalized spacial score (nSPS) is 20.4. The van der Waals surface area contributed by atoms with Crippen molar-refractivity contribution in [1.82, 2.24) is 9.21 Å². The molecule has 1 aromatic rings. The first-order chi connectivity index (χ1) is 16.6. The van der Waals surface area contributed by atoms with E-state index in [1.54, 1.807) is 6.92 Å². The first-order valence-electron chi connectivity index (χ1n) is 11.9. The number of hydrogen-bond donors (Lipinski definition) is 1. The minimum atomic E-state index is -5.21. The molecule has 0 radical (unpaired) electrons. The van der Waals surface area contributed by atoms with Gasteiger partial charge in [-0.3, -0.25) is 9.69 Å². The zero-order valence-electron chi connectivity index (χ0n) is 20.0. The second-order valence-corrected chi connectivity index (χ2v) is 11.7. The number of rotatable bonds is 7. The zero-order chi connectivity index (χ0) is 26.9. The second kappa shape index (κ2) is 10.5. The fourth-order valence-electron chi connectivity index (χ4n) is 5.52. The number of benzene rings is 1. The molecule has 1 amide bonds. The second-order valence-electron chi connectivity index (χ2n) is 9.58. The minimum absolute atomic E-state index is 0.00453. The van der Waals surface area contributed by atoms with Gasteiger partial charge in [-0.05, 0) is 43.4 Å². The number of carbonyl (C=O) groups excluding carboxylic acids is 1. The van der Waals surface area contributed by atoms with Gasteiger partial charge in [-0.2, -0.15) is 30.6 Å². The fraction of sp³-hybridized carbons (Fsp3) is 0.696. The highest BCUT2D eigenvalue weighted by molar-refractivity contribution is 7.89. The first-order valence-corrected chi connectivity index (χ1v) is 13.6. The van der Waals surface area contributed by atoms with Crippen LogP contribution >= 0.6 is 0 Å². The molecule has 1 saturated carbocycles. The number of piperazine rings is 1. The number of amides is 1. The molecule has 0 spiro atoms. The Labute approximate surface area is 206 Å². The molecule has 1 aromatic carbocycles. The fourth-order valence-corrected chi connectivity index (χ4v) is 7.01. The number of sulfonamides is 1. The molecule has 0 aromatic heterocycles. The summed E-state index contributed by atoms with van der Waals surface area (Å²) >= 11 is 0. The molecular weight excluding hydrogens is 512 g/mol. The van der Waals surface area contributed by atoms with Crippen molar-refractivity contribution < 1.29 is 39.6 Å². The number of nitrogens with zero attached hydrogens (tertiary/aromatic N) is 2. The van der Waals surface area contributed by atoms with Crippen molar-refractivity contribution in [1.29, 1.82) is 0 Å². The van der Waals surface area contributed by atoms with E-state index < -0.39 is 50.5 Å². The summed E-state index contributed by atoms with van der Waals surface area (Å²) in [7, 11) is -3.43. The van der Waals surface area contributed by atoms with E-state index >= 15 is 0 Å². The summed E-state index contributed by atoms with van der Waals surface area (Å²) in [6.07, 6.45) is -6.72. The Bertz CT molecular complexity index is 1060. The first kappa shape index (κ1) is 28.7. The van der Waals surface area contributed by atoms with Crippen LogP contribution in [0.25, 0.3) is 0 Å². The summed E-state index contributed by atoms with van der Waals surface area (Å²) in [5.74, 6) is -1.43. The molecular formula is C23H31F6N3O3S. The SMILES string of the molecule is CCCS(=O)(=O)N1CCN(C2(Cc3cc(C(F)(F)F)cc(C(F)(F)F)c3C(N)=O)CCCCC2)CC1. The van der Waals surface area contributed by atoms with E-state index in [4.69, 9.17) is 5.73 Å². The molecule has 0 bridgehead atoms. The van der Waals surface area contributed by atoms with E-state index in [1.807, 2.05) is 4.90 Å². The summed E-state index contributed by atoms with van der Waals surface area (Å²) in [5, 5.41) is 0. The number of alkyl halides is 6. The highest BCUT2D eigenvalue weighted by Gasteiger charge is 2.45. The van der Waals surface area contributed by atoms with Gasteiger partial charge in [-0.25, -0.2) is 8.42 Å². The van der Waals surface area contributed by atoms with Gasteiger partial charge in [0.25, 0.3) is 0 Å². The summed E-state index contributed by atoms with van der Waals surface area (Å²) < 4.78 is 108. The summed E-state index contributed by atoms with van der Waals surface area (Å²) in [6.45, 7) is 2.71. The van der Waals surface area contributed by atoms with Gasteiger partial charge in [0.05, 0.1) is 22.4 Å². The van der Waals surface area contributed by atoms with Gasteiger partial charge in [0.15, 0.2) is 0 Å². The van der Waals surface area contributed by atoms with E-state index in [0.717, 1.165) is 6.42 Å². The highest BCUT2D eigenvalue weighted by atomic mass is 32.2. The molecule has 1 aliphatic heterocycles. The third kappa shape index (κ3) is 6.16. The lowest BCUT2D eigenvalue weighted by Crippen LogP contribution is -2.59.